The van der Waals surface area contributed by atoms with Crippen molar-refractivity contribution in [1.82, 2.24) is 19.9 Å². The fraction of sp³-hybridized carbons (Fsp3) is 0.167. The number of nitrogens with one attached hydrogen (secondary N) is 2. The molecule has 4 aromatic rings. The second-order valence-corrected chi connectivity index (χ2v) is 11.1. The van der Waals surface area contributed by atoms with Gasteiger partial charge in [0.1, 0.15) is 0 Å². The molecule has 0 saturated carbocycles. The van der Waals surface area contributed by atoms with Crippen LogP contribution in [-0.2, 0) is 9.84 Å². The molecule has 2 N–H and O–H groups in total. The van der Waals surface area contributed by atoms with Gasteiger partial charge in [-0.25, -0.2) is 8.42 Å². The Bertz CT molecular complexity index is 1710. The molecule has 2 aromatic carbocycles. The normalized spacial score (nSPS) is 14.4. The smallest absolute Gasteiger partial charge is 0.467 e. The summed E-state index contributed by atoms with van der Waals surface area (Å²) in [6, 6.07) is 10.7. The van der Waals surface area contributed by atoms with E-state index >= 15 is 0 Å². The highest BCUT2D eigenvalue weighted by Crippen LogP contribution is 2.47. The maximum absolute atomic E-state index is 14.0. The molecule has 11 nitrogen and oxygen atoms in total. The number of pyridine rings is 1. The molecule has 0 aliphatic carbocycles. The van der Waals surface area contributed by atoms with Crippen molar-refractivity contribution in [2.75, 3.05) is 24.0 Å². The van der Waals surface area contributed by atoms with Gasteiger partial charge in [-0.2, -0.15) is 15.0 Å². The van der Waals surface area contributed by atoms with Crippen LogP contribution in [0.25, 0.3) is 0 Å². The van der Waals surface area contributed by atoms with Crippen LogP contribution >= 0.6 is 23.2 Å². The molecule has 1 aliphatic heterocycles. The molecule has 1 atom stereocenters. The van der Waals surface area contributed by atoms with E-state index in [2.05, 4.69) is 35.3 Å². The molecule has 3 heterocycles. The third kappa shape index (κ3) is 5.78. The van der Waals surface area contributed by atoms with Gasteiger partial charge in [-0.1, -0.05) is 23.7 Å². The highest BCUT2D eigenvalue weighted by molar-refractivity contribution is 7.90. The van der Waals surface area contributed by atoms with E-state index in [0.29, 0.717) is 0 Å². The number of sulfone groups is 1. The van der Waals surface area contributed by atoms with Gasteiger partial charge in [-0.05, 0) is 48.0 Å². The zero-order valence-corrected chi connectivity index (χ0v) is 22.9. The Balaban J connectivity index is 1.64. The molecule has 0 amide bonds. The summed E-state index contributed by atoms with van der Waals surface area (Å²) in [6.45, 7) is 0. The van der Waals surface area contributed by atoms with E-state index in [9.17, 15) is 17.2 Å². The number of alkyl halides is 2. The van der Waals surface area contributed by atoms with Crippen LogP contribution in [0, 0.1) is 0 Å². The van der Waals surface area contributed by atoms with E-state index < -0.39 is 22.2 Å². The Kier molecular flexibility index (Phi) is 7.25. The fourth-order valence-corrected chi connectivity index (χ4v) is 4.89. The van der Waals surface area contributed by atoms with E-state index in [1.54, 1.807) is 18.2 Å². The maximum atomic E-state index is 14.0. The number of anilines is 3. The van der Waals surface area contributed by atoms with Crippen LogP contribution in [-0.4, -0.2) is 48.0 Å². The Labute approximate surface area is 236 Å². The average molecular weight is 611 g/mol. The van der Waals surface area contributed by atoms with Crippen molar-refractivity contribution in [2.45, 2.75) is 17.2 Å². The Morgan fingerprint density at radius 2 is 1.82 bits per heavy atom. The number of hydrogen-bond acceptors (Lipinski definition) is 11. The van der Waals surface area contributed by atoms with Gasteiger partial charge >= 0.3 is 12.3 Å². The largest absolute Gasteiger partial charge is 0.586 e. The highest BCUT2D eigenvalue weighted by atomic mass is 35.5. The van der Waals surface area contributed by atoms with Gasteiger partial charge in [-0.3, -0.25) is 4.98 Å². The van der Waals surface area contributed by atoms with E-state index in [-0.39, 0.29) is 61.3 Å². The Morgan fingerprint density at radius 3 is 2.55 bits per heavy atom. The summed E-state index contributed by atoms with van der Waals surface area (Å²) in [6.07, 6.45) is -1.35. The standard InChI is InChI=1S/C24H18Cl2F2N6O5S/c1-37-23-33-21(26)32-22(34-23)31-16-11-12(40(2,35)36)8-9-15(16)30-18(19-14(25)6-4-10-29-19)13-5-3-7-17-20(13)39-24(27,28)38-17/h3-11,18,30H,1-2H3,(H,31,32,33,34)/t18-/m0/s1. The van der Waals surface area contributed by atoms with E-state index in [1.807, 2.05) is 0 Å². The molecule has 0 bridgehead atoms. The van der Waals surface area contributed by atoms with Crippen LogP contribution in [0.3, 0.4) is 0 Å². The van der Waals surface area contributed by atoms with Crippen LogP contribution in [0.4, 0.5) is 26.1 Å². The molecular formula is C24H18Cl2F2N6O5S. The van der Waals surface area contributed by atoms with Crippen molar-refractivity contribution in [3.05, 3.63) is 76.3 Å². The van der Waals surface area contributed by atoms with Crippen LogP contribution in [0.5, 0.6) is 17.5 Å². The SMILES string of the molecule is COc1nc(Cl)nc(Nc2cc(S(C)(=O)=O)ccc2N[C@@H](c2cccc3c2OC(F)(F)O3)c2ncccc2Cl)n1. The van der Waals surface area contributed by atoms with Crippen molar-refractivity contribution >= 4 is 50.4 Å². The minimum absolute atomic E-state index is 0.0305. The fourth-order valence-electron chi connectivity index (χ4n) is 3.86. The summed E-state index contributed by atoms with van der Waals surface area (Å²) in [5.41, 5.74) is 0.954. The first-order valence-electron chi connectivity index (χ1n) is 11.3. The lowest BCUT2D eigenvalue weighted by Gasteiger charge is -2.24. The summed E-state index contributed by atoms with van der Waals surface area (Å²) in [5.74, 6) is -0.461. The topological polar surface area (TPSA) is 137 Å². The van der Waals surface area contributed by atoms with Gasteiger partial charge in [0.2, 0.25) is 11.2 Å². The van der Waals surface area contributed by atoms with Crippen molar-refractivity contribution < 1.29 is 31.4 Å². The summed E-state index contributed by atoms with van der Waals surface area (Å²) >= 11 is 12.4. The lowest BCUT2D eigenvalue weighted by atomic mass is 10.0. The lowest BCUT2D eigenvalue weighted by Crippen LogP contribution is -2.26. The molecule has 0 saturated heterocycles. The van der Waals surface area contributed by atoms with Crippen LogP contribution in [0.15, 0.2) is 59.6 Å². The number of halogens is 4. The van der Waals surface area contributed by atoms with Crippen LogP contribution < -0.4 is 24.8 Å². The number of aromatic nitrogens is 4. The first kappa shape index (κ1) is 27.6. The van der Waals surface area contributed by atoms with Gasteiger partial charge in [0, 0.05) is 18.0 Å². The zero-order valence-electron chi connectivity index (χ0n) is 20.5. The molecule has 0 radical (unpaired) electrons. The first-order valence-corrected chi connectivity index (χ1v) is 13.9. The number of rotatable bonds is 8. The predicted octanol–water partition coefficient (Wildman–Crippen LogP) is 5.25. The van der Waals surface area contributed by atoms with Crippen molar-refractivity contribution in [1.29, 1.82) is 0 Å². The molecule has 208 valence electrons. The predicted molar refractivity (Wildman–Crippen MR) is 142 cm³/mol. The highest BCUT2D eigenvalue weighted by Gasteiger charge is 2.45. The van der Waals surface area contributed by atoms with Crippen LogP contribution in [0.1, 0.15) is 17.3 Å². The number of fused-ring (bicyclic) bond motifs is 1. The third-order valence-corrected chi connectivity index (χ3v) is 7.16. The summed E-state index contributed by atoms with van der Waals surface area (Å²) in [4.78, 5) is 16.2. The second-order valence-electron chi connectivity index (χ2n) is 8.31. The van der Waals surface area contributed by atoms with Gasteiger partial charge in [-0.15, -0.1) is 8.78 Å². The molecular weight excluding hydrogens is 593 g/mol. The zero-order chi connectivity index (χ0) is 28.7. The number of ether oxygens (including phenoxy) is 3. The lowest BCUT2D eigenvalue weighted by molar-refractivity contribution is -0.287. The molecule has 0 fully saturated rings. The quantitative estimate of drug-likeness (QED) is 0.270. The second kappa shape index (κ2) is 10.5. The molecule has 1 aliphatic rings. The molecule has 16 heteroatoms. The number of nitrogens with zero attached hydrogens (tertiary/aromatic N) is 4. The Morgan fingerprint density at radius 1 is 1.02 bits per heavy atom. The van der Waals surface area contributed by atoms with Crippen molar-refractivity contribution in [3.63, 3.8) is 0 Å². The summed E-state index contributed by atoms with van der Waals surface area (Å²) in [7, 11) is -2.31. The monoisotopic (exact) mass is 610 g/mol. The molecule has 0 unspecified atom stereocenters. The summed E-state index contributed by atoms with van der Waals surface area (Å²) in [5, 5.41) is 6.15. The van der Waals surface area contributed by atoms with Crippen molar-refractivity contribution in [3.8, 4) is 17.5 Å². The third-order valence-electron chi connectivity index (χ3n) is 5.57. The summed E-state index contributed by atoms with van der Waals surface area (Å²) < 4.78 is 67.2. The number of hydrogen-bond donors (Lipinski definition) is 2. The van der Waals surface area contributed by atoms with Gasteiger partial charge in [0.15, 0.2) is 21.3 Å². The molecule has 40 heavy (non-hydrogen) atoms. The van der Waals surface area contributed by atoms with E-state index in [0.717, 1.165) is 6.26 Å². The number of benzene rings is 2. The van der Waals surface area contributed by atoms with E-state index in [4.69, 9.17) is 32.7 Å². The molecule has 2 aromatic heterocycles. The number of methoxy groups -OCH3 is 1. The molecule has 5 rings (SSSR count). The van der Waals surface area contributed by atoms with Crippen LogP contribution in [0.2, 0.25) is 10.3 Å². The number of para-hydroxylation sites is 1. The Hall–Kier alpha value is -4.01. The molecule has 0 spiro atoms. The van der Waals surface area contributed by atoms with E-state index in [1.165, 1.54) is 43.6 Å². The van der Waals surface area contributed by atoms with Gasteiger partial charge < -0.3 is 24.8 Å². The average Bonchev–Trinajstić information content (AvgIpc) is 3.21. The minimum Gasteiger partial charge on any atom is -0.467 e. The van der Waals surface area contributed by atoms with Gasteiger partial charge in [0.05, 0.1) is 40.1 Å². The maximum Gasteiger partial charge on any atom is 0.586 e. The first-order chi connectivity index (χ1) is 18.9. The van der Waals surface area contributed by atoms with Gasteiger partial charge in [0.25, 0.3) is 0 Å². The van der Waals surface area contributed by atoms with Crippen molar-refractivity contribution in [2.24, 2.45) is 0 Å². The minimum atomic E-state index is -3.88.